The van der Waals surface area contributed by atoms with E-state index in [2.05, 4.69) is 24.9 Å². The SMILES string of the molecule is COC(=O)Nc1cc2c(cc1Cl)CCN2Cc1cnc[nH]1. The highest BCUT2D eigenvalue weighted by Gasteiger charge is 2.22. The Bertz CT molecular complexity index is 657. The highest BCUT2D eigenvalue weighted by molar-refractivity contribution is 6.33. The van der Waals surface area contributed by atoms with Crippen LogP contribution in [0.5, 0.6) is 0 Å². The minimum Gasteiger partial charge on any atom is -0.453 e. The zero-order chi connectivity index (χ0) is 14.8. The monoisotopic (exact) mass is 306 g/mol. The Kier molecular flexibility index (Phi) is 3.70. The van der Waals surface area contributed by atoms with Gasteiger partial charge < -0.3 is 14.6 Å². The number of fused-ring (bicyclic) bond motifs is 1. The van der Waals surface area contributed by atoms with Gasteiger partial charge >= 0.3 is 6.09 Å². The van der Waals surface area contributed by atoms with Crippen LogP contribution in [0.2, 0.25) is 5.02 Å². The minimum absolute atomic E-state index is 0.516. The van der Waals surface area contributed by atoms with Crippen molar-refractivity contribution in [3.05, 3.63) is 40.9 Å². The van der Waals surface area contributed by atoms with E-state index >= 15 is 0 Å². The number of anilines is 2. The molecule has 7 heteroatoms. The van der Waals surface area contributed by atoms with Crippen LogP contribution >= 0.6 is 11.6 Å². The number of methoxy groups -OCH3 is 1. The van der Waals surface area contributed by atoms with E-state index in [1.807, 2.05) is 18.3 Å². The maximum Gasteiger partial charge on any atom is 0.411 e. The van der Waals surface area contributed by atoms with Crippen molar-refractivity contribution >= 4 is 29.1 Å². The van der Waals surface area contributed by atoms with Crippen molar-refractivity contribution < 1.29 is 9.53 Å². The number of benzene rings is 1. The molecule has 2 heterocycles. The van der Waals surface area contributed by atoms with Crippen LogP contribution < -0.4 is 10.2 Å². The van der Waals surface area contributed by atoms with Crippen LogP contribution in [-0.4, -0.2) is 29.7 Å². The molecule has 0 spiro atoms. The zero-order valence-corrected chi connectivity index (χ0v) is 12.3. The number of ether oxygens (including phenoxy) is 1. The van der Waals surface area contributed by atoms with Gasteiger partial charge in [-0.1, -0.05) is 11.6 Å². The number of rotatable bonds is 3. The maximum atomic E-state index is 11.4. The van der Waals surface area contributed by atoms with Crippen LogP contribution in [0.3, 0.4) is 0 Å². The number of carbonyl (C=O) groups excluding carboxylic acids is 1. The van der Waals surface area contributed by atoms with E-state index in [0.717, 1.165) is 30.9 Å². The van der Waals surface area contributed by atoms with Gasteiger partial charge in [0.15, 0.2) is 0 Å². The second-order valence-electron chi connectivity index (χ2n) is 4.83. The lowest BCUT2D eigenvalue weighted by atomic mass is 10.1. The smallest absolute Gasteiger partial charge is 0.411 e. The molecule has 21 heavy (non-hydrogen) atoms. The van der Waals surface area contributed by atoms with E-state index < -0.39 is 6.09 Å². The molecule has 0 fully saturated rings. The topological polar surface area (TPSA) is 70.2 Å². The number of nitrogens with zero attached hydrogens (tertiary/aromatic N) is 2. The Morgan fingerprint density at radius 1 is 1.57 bits per heavy atom. The standard InChI is InChI=1S/C14H15ClN4O2/c1-21-14(20)18-12-5-13-9(4-11(12)15)2-3-19(13)7-10-6-16-8-17-10/h4-6,8H,2-3,7H2,1H3,(H,16,17)(H,18,20). The average Bonchev–Trinajstić information content (AvgIpc) is 3.10. The van der Waals surface area contributed by atoms with Gasteiger partial charge in [-0.05, 0) is 24.1 Å². The number of hydrogen-bond donors (Lipinski definition) is 2. The molecular weight excluding hydrogens is 292 g/mol. The Morgan fingerprint density at radius 3 is 3.14 bits per heavy atom. The molecule has 1 amide bonds. The molecule has 1 aliphatic heterocycles. The fraction of sp³-hybridized carbons (Fsp3) is 0.286. The molecule has 0 atom stereocenters. The van der Waals surface area contributed by atoms with Gasteiger partial charge in [-0.3, -0.25) is 5.32 Å². The summed E-state index contributed by atoms with van der Waals surface area (Å²) in [6.07, 6.45) is 3.87. The molecule has 1 aromatic carbocycles. The Balaban J connectivity index is 1.86. The molecule has 2 N–H and O–H groups in total. The van der Waals surface area contributed by atoms with Gasteiger partial charge in [-0.15, -0.1) is 0 Å². The molecule has 0 saturated heterocycles. The fourth-order valence-corrected chi connectivity index (χ4v) is 2.70. The molecular formula is C14H15ClN4O2. The summed E-state index contributed by atoms with van der Waals surface area (Å²) in [6, 6.07) is 3.78. The molecule has 1 aromatic heterocycles. The van der Waals surface area contributed by atoms with Crippen molar-refractivity contribution in [3.63, 3.8) is 0 Å². The van der Waals surface area contributed by atoms with E-state index in [1.165, 1.54) is 12.7 Å². The van der Waals surface area contributed by atoms with Crippen molar-refractivity contribution in [3.8, 4) is 0 Å². The highest BCUT2D eigenvalue weighted by atomic mass is 35.5. The van der Waals surface area contributed by atoms with Gasteiger partial charge in [0.05, 0.1) is 36.4 Å². The van der Waals surface area contributed by atoms with Crippen molar-refractivity contribution in [1.29, 1.82) is 0 Å². The minimum atomic E-state index is -0.532. The normalized spacial score (nSPS) is 13.1. The van der Waals surface area contributed by atoms with Gasteiger partial charge in [0.1, 0.15) is 0 Å². The molecule has 3 rings (SSSR count). The summed E-state index contributed by atoms with van der Waals surface area (Å²) in [6.45, 7) is 1.65. The first-order chi connectivity index (χ1) is 10.2. The summed E-state index contributed by atoms with van der Waals surface area (Å²) in [5, 5.41) is 3.15. The Morgan fingerprint density at radius 2 is 2.43 bits per heavy atom. The average molecular weight is 307 g/mol. The number of imidazole rings is 1. The predicted octanol–water partition coefficient (Wildman–Crippen LogP) is 2.80. The van der Waals surface area contributed by atoms with E-state index in [0.29, 0.717) is 10.7 Å². The molecule has 0 bridgehead atoms. The number of nitrogens with one attached hydrogen (secondary N) is 2. The van der Waals surface area contributed by atoms with Gasteiger partial charge in [-0.2, -0.15) is 0 Å². The van der Waals surface area contributed by atoms with Crippen LogP contribution in [0, 0.1) is 0 Å². The first kappa shape index (κ1) is 13.8. The quantitative estimate of drug-likeness (QED) is 0.915. The number of aromatic nitrogens is 2. The summed E-state index contributed by atoms with van der Waals surface area (Å²) < 4.78 is 4.61. The third-order valence-electron chi connectivity index (χ3n) is 3.50. The summed E-state index contributed by atoms with van der Waals surface area (Å²) in [4.78, 5) is 20.7. The second-order valence-corrected chi connectivity index (χ2v) is 5.23. The third-order valence-corrected chi connectivity index (χ3v) is 3.81. The van der Waals surface area contributed by atoms with Crippen LogP contribution in [-0.2, 0) is 17.7 Å². The predicted molar refractivity (Wildman–Crippen MR) is 80.8 cm³/mol. The lowest BCUT2D eigenvalue weighted by molar-refractivity contribution is 0.187. The number of carbonyl (C=O) groups is 1. The number of amides is 1. The van der Waals surface area contributed by atoms with E-state index in [4.69, 9.17) is 11.6 Å². The highest BCUT2D eigenvalue weighted by Crippen LogP contribution is 2.36. The lowest BCUT2D eigenvalue weighted by Crippen LogP contribution is -2.20. The molecule has 0 radical (unpaired) electrons. The Hall–Kier alpha value is -2.21. The number of halogens is 1. The van der Waals surface area contributed by atoms with Gasteiger partial charge in [0, 0.05) is 18.4 Å². The van der Waals surface area contributed by atoms with Gasteiger partial charge in [-0.25, -0.2) is 9.78 Å². The largest absolute Gasteiger partial charge is 0.453 e. The summed E-state index contributed by atoms with van der Waals surface area (Å²) in [7, 11) is 1.32. The van der Waals surface area contributed by atoms with Crippen molar-refractivity contribution in [1.82, 2.24) is 9.97 Å². The molecule has 0 unspecified atom stereocenters. The molecule has 110 valence electrons. The Labute approximate surface area is 127 Å². The maximum absolute atomic E-state index is 11.4. The summed E-state index contributed by atoms with van der Waals surface area (Å²) >= 11 is 6.19. The number of hydrogen-bond acceptors (Lipinski definition) is 4. The summed E-state index contributed by atoms with van der Waals surface area (Å²) in [5.74, 6) is 0. The second kappa shape index (κ2) is 5.65. The van der Waals surface area contributed by atoms with Gasteiger partial charge in [0.2, 0.25) is 0 Å². The number of H-pyrrole nitrogens is 1. The first-order valence-corrected chi connectivity index (χ1v) is 6.95. The zero-order valence-electron chi connectivity index (χ0n) is 11.5. The van der Waals surface area contributed by atoms with Crippen LogP contribution in [0.15, 0.2) is 24.7 Å². The lowest BCUT2D eigenvalue weighted by Gasteiger charge is -2.19. The van der Waals surface area contributed by atoms with Crippen molar-refractivity contribution in [2.45, 2.75) is 13.0 Å². The van der Waals surface area contributed by atoms with Crippen LogP contribution in [0.25, 0.3) is 0 Å². The van der Waals surface area contributed by atoms with Gasteiger partial charge in [0.25, 0.3) is 0 Å². The third kappa shape index (κ3) is 2.80. The van der Waals surface area contributed by atoms with E-state index in [-0.39, 0.29) is 0 Å². The molecule has 0 saturated carbocycles. The molecule has 6 nitrogen and oxygen atoms in total. The first-order valence-electron chi connectivity index (χ1n) is 6.57. The number of aromatic amines is 1. The van der Waals surface area contributed by atoms with E-state index in [9.17, 15) is 4.79 Å². The molecule has 1 aliphatic rings. The molecule has 0 aliphatic carbocycles. The fourth-order valence-electron chi connectivity index (χ4n) is 2.47. The van der Waals surface area contributed by atoms with Crippen molar-refractivity contribution in [2.24, 2.45) is 0 Å². The molecule has 2 aromatic rings. The summed E-state index contributed by atoms with van der Waals surface area (Å²) in [5.41, 5.74) is 3.84. The van der Waals surface area contributed by atoms with E-state index in [1.54, 1.807) is 6.33 Å². The van der Waals surface area contributed by atoms with Crippen LogP contribution in [0.4, 0.5) is 16.2 Å². The van der Waals surface area contributed by atoms with Crippen molar-refractivity contribution in [2.75, 3.05) is 23.9 Å². The van der Waals surface area contributed by atoms with Crippen LogP contribution in [0.1, 0.15) is 11.3 Å².